The zero-order chi connectivity index (χ0) is 16.6. The number of aromatic nitrogens is 3. The summed E-state index contributed by atoms with van der Waals surface area (Å²) in [7, 11) is 3.60. The maximum atomic E-state index is 12.4. The second-order valence-electron chi connectivity index (χ2n) is 5.58. The fourth-order valence-corrected chi connectivity index (χ4v) is 3.50. The molecule has 0 fully saturated rings. The van der Waals surface area contributed by atoms with E-state index >= 15 is 0 Å². The van der Waals surface area contributed by atoms with E-state index in [1.165, 1.54) is 15.5 Å². The first-order chi connectivity index (χ1) is 11.0. The van der Waals surface area contributed by atoms with E-state index in [-0.39, 0.29) is 18.0 Å². The lowest BCUT2D eigenvalue weighted by molar-refractivity contribution is -0.131. The van der Waals surface area contributed by atoms with Gasteiger partial charge in [-0.1, -0.05) is 23.7 Å². The van der Waals surface area contributed by atoms with Crippen LogP contribution in [-0.2, 0) is 24.9 Å². The van der Waals surface area contributed by atoms with Crippen molar-refractivity contribution in [2.45, 2.75) is 20.0 Å². The van der Waals surface area contributed by atoms with Crippen LogP contribution >= 0.6 is 11.5 Å². The minimum absolute atomic E-state index is 0.0610. The van der Waals surface area contributed by atoms with Gasteiger partial charge in [0.05, 0.1) is 28.0 Å². The Morgan fingerprint density at radius 3 is 2.74 bits per heavy atom. The van der Waals surface area contributed by atoms with Gasteiger partial charge in [0.2, 0.25) is 5.91 Å². The summed E-state index contributed by atoms with van der Waals surface area (Å²) in [6.07, 6.45) is 0. The normalized spacial score (nSPS) is 11.1. The van der Waals surface area contributed by atoms with Crippen molar-refractivity contribution in [2.75, 3.05) is 7.05 Å². The first kappa shape index (κ1) is 15.5. The van der Waals surface area contributed by atoms with Gasteiger partial charge in [-0.3, -0.25) is 18.2 Å². The number of hydrogen-bond acceptors (Lipinski definition) is 4. The molecule has 0 aliphatic carbocycles. The highest BCUT2D eigenvalue weighted by Crippen LogP contribution is 2.16. The van der Waals surface area contributed by atoms with Gasteiger partial charge < -0.3 is 4.90 Å². The number of carbonyl (C=O) groups is 1. The van der Waals surface area contributed by atoms with E-state index in [0.717, 1.165) is 16.1 Å². The van der Waals surface area contributed by atoms with Crippen molar-refractivity contribution in [3.63, 3.8) is 0 Å². The Labute approximate surface area is 137 Å². The third-order valence-electron chi connectivity index (χ3n) is 3.76. The van der Waals surface area contributed by atoms with Crippen LogP contribution in [0.2, 0.25) is 0 Å². The molecule has 0 saturated heterocycles. The van der Waals surface area contributed by atoms with Crippen molar-refractivity contribution >= 4 is 27.5 Å². The Kier molecular flexibility index (Phi) is 4.04. The van der Waals surface area contributed by atoms with Gasteiger partial charge >= 0.3 is 0 Å². The Hall–Kier alpha value is -2.41. The largest absolute Gasteiger partial charge is 0.338 e. The predicted molar refractivity (Wildman–Crippen MR) is 90.5 cm³/mol. The molecule has 6 nitrogen and oxygen atoms in total. The molecule has 0 N–H and O–H groups in total. The lowest BCUT2D eigenvalue weighted by atomic mass is 10.3. The summed E-state index contributed by atoms with van der Waals surface area (Å²) in [6, 6.07) is 9.36. The zero-order valence-electron chi connectivity index (χ0n) is 13.3. The average molecular weight is 330 g/mol. The molecular formula is C16H18N4O2S. The van der Waals surface area contributed by atoms with Crippen LogP contribution in [-0.4, -0.2) is 31.6 Å². The van der Waals surface area contributed by atoms with Gasteiger partial charge in [0.25, 0.3) is 5.56 Å². The van der Waals surface area contributed by atoms with Gasteiger partial charge in [-0.05, 0) is 25.1 Å². The second kappa shape index (κ2) is 6.00. The van der Waals surface area contributed by atoms with Crippen molar-refractivity contribution in [2.24, 2.45) is 7.05 Å². The molecule has 1 amide bonds. The summed E-state index contributed by atoms with van der Waals surface area (Å²) in [5.74, 6) is -0.0995. The van der Waals surface area contributed by atoms with Crippen LogP contribution in [0.3, 0.4) is 0 Å². The van der Waals surface area contributed by atoms with Crippen molar-refractivity contribution in [1.29, 1.82) is 0 Å². The topological polar surface area (TPSA) is 60.1 Å². The molecule has 0 aliphatic heterocycles. The van der Waals surface area contributed by atoms with Crippen LogP contribution in [0, 0.1) is 6.92 Å². The van der Waals surface area contributed by atoms with Crippen molar-refractivity contribution < 1.29 is 4.79 Å². The number of nitrogens with zero attached hydrogens (tertiary/aromatic N) is 4. The Bertz CT molecular complexity index is 922. The third-order valence-corrected chi connectivity index (χ3v) is 4.82. The number of hydrogen-bond donors (Lipinski definition) is 0. The summed E-state index contributed by atoms with van der Waals surface area (Å²) in [6.45, 7) is 2.45. The summed E-state index contributed by atoms with van der Waals surface area (Å²) in [5, 5.41) is 4.94. The van der Waals surface area contributed by atoms with Crippen LogP contribution in [0.25, 0.3) is 10.1 Å². The van der Waals surface area contributed by atoms with Crippen LogP contribution < -0.4 is 5.56 Å². The minimum Gasteiger partial charge on any atom is -0.338 e. The van der Waals surface area contributed by atoms with E-state index in [2.05, 4.69) is 5.10 Å². The van der Waals surface area contributed by atoms with E-state index in [4.69, 9.17) is 0 Å². The molecule has 3 aromatic rings. The van der Waals surface area contributed by atoms with E-state index in [0.29, 0.717) is 11.9 Å². The molecule has 0 saturated carbocycles. The van der Waals surface area contributed by atoms with Crippen LogP contribution in [0.4, 0.5) is 0 Å². The van der Waals surface area contributed by atoms with Crippen LogP contribution in [0.5, 0.6) is 0 Å². The number of aryl methyl sites for hydroxylation is 2. The first-order valence-corrected chi connectivity index (χ1v) is 8.05. The number of fused-ring (bicyclic) bond motifs is 1. The summed E-state index contributed by atoms with van der Waals surface area (Å²) in [5.41, 5.74) is 1.77. The summed E-state index contributed by atoms with van der Waals surface area (Å²) < 4.78 is 4.18. The molecule has 0 spiro atoms. The van der Waals surface area contributed by atoms with Crippen molar-refractivity contribution in [1.82, 2.24) is 18.6 Å². The minimum atomic E-state index is -0.108. The molecule has 0 bridgehead atoms. The molecule has 7 heteroatoms. The highest BCUT2D eigenvalue weighted by atomic mass is 32.1. The summed E-state index contributed by atoms with van der Waals surface area (Å²) in [4.78, 5) is 26.3. The average Bonchev–Trinajstić information content (AvgIpc) is 2.99. The number of benzene rings is 1. The molecule has 0 aliphatic rings. The Morgan fingerprint density at radius 2 is 2.09 bits per heavy atom. The van der Waals surface area contributed by atoms with E-state index in [1.54, 1.807) is 22.7 Å². The maximum Gasteiger partial charge on any atom is 0.268 e. The lowest BCUT2D eigenvalue weighted by Crippen LogP contribution is -2.32. The predicted octanol–water partition coefficient (Wildman–Crippen LogP) is 1.76. The fraction of sp³-hybridized carbons (Fsp3) is 0.312. The van der Waals surface area contributed by atoms with E-state index < -0.39 is 0 Å². The monoisotopic (exact) mass is 330 g/mol. The number of amides is 1. The quantitative estimate of drug-likeness (QED) is 0.732. The SMILES string of the molecule is Cc1cc(CN(C)C(=O)Cn2sc3ccccc3c2=O)n(C)n1. The van der Waals surface area contributed by atoms with Crippen LogP contribution in [0.1, 0.15) is 11.4 Å². The number of carbonyl (C=O) groups excluding carboxylic acids is 1. The molecule has 0 atom stereocenters. The highest BCUT2D eigenvalue weighted by molar-refractivity contribution is 7.13. The molecular weight excluding hydrogens is 312 g/mol. The molecule has 120 valence electrons. The molecule has 3 rings (SSSR count). The standard InChI is InChI=1S/C16H18N4O2S/c1-11-8-12(19(3)17-11)9-18(2)15(21)10-20-16(22)13-6-4-5-7-14(13)23-20/h4-8H,9-10H2,1-3H3. The number of likely N-dealkylation sites (N-methyl/N-ethyl adjacent to an activating group) is 1. The number of rotatable bonds is 4. The van der Waals surface area contributed by atoms with Gasteiger partial charge in [0.15, 0.2) is 0 Å². The van der Waals surface area contributed by atoms with Crippen molar-refractivity contribution in [3.05, 3.63) is 52.1 Å². The molecule has 2 aromatic heterocycles. The molecule has 2 heterocycles. The second-order valence-corrected chi connectivity index (χ2v) is 6.64. The Morgan fingerprint density at radius 1 is 1.35 bits per heavy atom. The fourth-order valence-electron chi connectivity index (χ4n) is 2.51. The van der Waals surface area contributed by atoms with Gasteiger partial charge in [-0.2, -0.15) is 5.10 Å². The van der Waals surface area contributed by atoms with Gasteiger partial charge in [0.1, 0.15) is 6.54 Å². The molecule has 0 unspecified atom stereocenters. The molecule has 23 heavy (non-hydrogen) atoms. The lowest BCUT2D eigenvalue weighted by Gasteiger charge is -2.17. The van der Waals surface area contributed by atoms with Gasteiger partial charge in [-0.25, -0.2) is 0 Å². The zero-order valence-corrected chi connectivity index (χ0v) is 14.1. The maximum absolute atomic E-state index is 12.4. The third kappa shape index (κ3) is 3.05. The van der Waals surface area contributed by atoms with Gasteiger partial charge in [-0.15, -0.1) is 0 Å². The summed E-state index contributed by atoms with van der Waals surface area (Å²) >= 11 is 1.32. The molecule has 0 radical (unpaired) electrons. The highest BCUT2D eigenvalue weighted by Gasteiger charge is 2.15. The van der Waals surface area contributed by atoms with Crippen molar-refractivity contribution in [3.8, 4) is 0 Å². The smallest absolute Gasteiger partial charge is 0.268 e. The van der Waals surface area contributed by atoms with E-state index in [1.807, 2.05) is 38.2 Å². The van der Waals surface area contributed by atoms with Crippen LogP contribution in [0.15, 0.2) is 35.1 Å². The van der Waals surface area contributed by atoms with E-state index in [9.17, 15) is 9.59 Å². The molecule has 1 aromatic carbocycles. The Balaban J connectivity index is 1.76. The van der Waals surface area contributed by atoms with Gasteiger partial charge in [0, 0.05) is 14.1 Å². The first-order valence-electron chi connectivity index (χ1n) is 7.28.